The van der Waals surface area contributed by atoms with Crippen LogP contribution in [0.3, 0.4) is 0 Å². The number of para-hydroxylation sites is 2. The number of phenols is 2. The van der Waals surface area contributed by atoms with Gasteiger partial charge >= 0.3 is 5.97 Å². The van der Waals surface area contributed by atoms with Crippen LogP contribution in [0.1, 0.15) is 10.4 Å². The average Bonchev–Trinajstić information content (AvgIpc) is 3.25. The van der Waals surface area contributed by atoms with E-state index in [1.165, 1.54) is 27.8 Å². The molecule has 0 aliphatic heterocycles. The van der Waals surface area contributed by atoms with Crippen LogP contribution in [0, 0.1) is 0 Å². The van der Waals surface area contributed by atoms with E-state index in [2.05, 4.69) is 10.1 Å². The molecule has 0 saturated carbocycles. The van der Waals surface area contributed by atoms with Crippen LogP contribution in [0.25, 0.3) is 28.5 Å². The van der Waals surface area contributed by atoms with Crippen LogP contribution >= 0.6 is 0 Å². The van der Waals surface area contributed by atoms with Crippen LogP contribution in [-0.2, 0) is 4.79 Å². The van der Waals surface area contributed by atoms with Crippen molar-refractivity contribution in [2.75, 3.05) is 14.1 Å². The molecule has 0 radical (unpaired) electrons. The zero-order valence-electron chi connectivity index (χ0n) is 18.0. The van der Waals surface area contributed by atoms with Gasteiger partial charge in [-0.15, -0.1) is 5.10 Å². The van der Waals surface area contributed by atoms with Crippen molar-refractivity contribution in [3.63, 3.8) is 0 Å². The van der Waals surface area contributed by atoms with Crippen LogP contribution < -0.4 is 0 Å². The van der Waals surface area contributed by atoms with Crippen LogP contribution in [0.2, 0.25) is 0 Å². The molecule has 9 heteroatoms. The fourth-order valence-electron chi connectivity index (χ4n) is 2.85. The summed E-state index contributed by atoms with van der Waals surface area (Å²) in [5, 5.41) is 34.0. The molecule has 0 unspecified atom stereocenters. The fraction of sp³-hybridized carbons (Fsp3) is 0.0833. The first kappa shape index (κ1) is 23.0. The number of carbonyl (C=O) groups is 2. The Hall–Kier alpha value is -4.66. The number of benzene rings is 3. The van der Waals surface area contributed by atoms with E-state index in [0.717, 1.165) is 6.41 Å². The van der Waals surface area contributed by atoms with Gasteiger partial charge in [0.2, 0.25) is 6.41 Å². The summed E-state index contributed by atoms with van der Waals surface area (Å²) >= 11 is 0. The number of aromatic carboxylic acids is 1. The number of hydrogen-bond acceptors (Lipinski definition) is 6. The van der Waals surface area contributed by atoms with E-state index in [0.29, 0.717) is 22.6 Å². The summed E-state index contributed by atoms with van der Waals surface area (Å²) in [5.41, 5.74) is 1.62. The molecule has 0 bridgehead atoms. The first-order chi connectivity index (χ1) is 15.8. The summed E-state index contributed by atoms with van der Waals surface area (Å²) in [6.07, 6.45) is 0.750. The molecule has 0 aliphatic rings. The quantitative estimate of drug-likeness (QED) is 0.401. The van der Waals surface area contributed by atoms with E-state index in [9.17, 15) is 19.8 Å². The predicted molar refractivity (Wildman–Crippen MR) is 122 cm³/mol. The number of amides is 1. The van der Waals surface area contributed by atoms with Gasteiger partial charge in [0.15, 0.2) is 11.6 Å². The number of carboxylic acid groups (broad SMARTS) is 1. The lowest BCUT2D eigenvalue weighted by Gasteiger charge is -2.07. The number of carbonyl (C=O) groups excluding carboxylic acids is 1. The molecule has 0 atom stereocenters. The van der Waals surface area contributed by atoms with E-state index in [1.54, 1.807) is 68.7 Å². The number of aromatic nitrogens is 3. The monoisotopic (exact) mass is 446 g/mol. The molecule has 3 aromatic carbocycles. The van der Waals surface area contributed by atoms with E-state index in [4.69, 9.17) is 5.11 Å². The van der Waals surface area contributed by atoms with Crippen molar-refractivity contribution in [1.29, 1.82) is 0 Å². The lowest BCUT2D eigenvalue weighted by atomic mass is 10.1. The van der Waals surface area contributed by atoms with Crippen LogP contribution in [-0.4, -0.2) is 61.5 Å². The molecule has 4 aromatic rings. The van der Waals surface area contributed by atoms with Gasteiger partial charge in [-0.2, -0.15) is 0 Å². The molecule has 4 rings (SSSR count). The van der Waals surface area contributed by atoms with Crippen molar-refractivity contribution in [1.82, 2.24) is 19.7 Å². The molecule has 9 nitrogen and oxygen atoms in total. The third-order valence-corrected chi connectivity index (χ3v) is 4.47. The van der Waals surface area contributed by atoms with Gasteiger partial charge in [-0.1, -0.05) is 24.3 Å². The van der Waals surface area contributed by atoms with Crippen molar-refractivity contribution in [3.8, 4) is 40.0 Å². The zero-order valence-corrected chi connectivity index (χ0v) is 18.0. The van der Waals surface area contributed by atoms with Gasteiger partial charge in [0, 0.05) is 14.1 Å². The molecule has 0 aliphatic carbocycles. The third-order valence-electron chi connectivity index (χ3n) is 4.47. The zero-order chi connectivity index (χ0) is 24.0. The van der Waals surface area contributed by atoms with Gasteiger partial charge in [0.05, 0.1) is 22.4 Å². The normalized spacial score (nSPS) is 10.1. The maximum Gasteiger partial charge on any atom is 0.335 e. The Morgan fingerprint density at radius 3 is 1.88 bits per heavy atom. The summed E-state index contributed by atoms with van der Waals surface area (Å²) in [6, 6.07) is 19.5. The van der Waals surface area contributed by atoms with Crippen LogP contribution in [0.4, 0.5) is 0 Å². The molecule has 0 saturated heterocycles. The summed E-state index contributed by atoms with van der Waals surface area (Å²) in [4.78, 5) is 26.5. The number of carboxylic acids is 1. The molecule has 0 fully saturated rings. The highest BCUT2D eigenvalue weighted by atomic mass is 16.4. The van der Waals surface area contributed by atoms with Crippen LogP contribution in [0.5, 0.6) is 11.5 Å². The molecule has 1 amide bonds. The highest BCUT2D eigenvalue weighted by Crippen LogP contribution is 2.33. The Labute approximate surface area is 189 Å². The molecule has 1 aromatic heterocycles. The highest BCUT2D eigenvalue weighted by Gasteiger charge is 2.19. The maximum absolute atomic E-state index is 11.1. The van der Waals surface area contributed by atoms with Crippen molar-refractivity contribution in [2.45, 2.75) is 0 Å². The standard InChI is InChI=1S/C21H15N3O4.C3H7NO/c25-17-7-3-1-5-15(17)19-22-20(16-6-2-4-8-18(16)26)24(23-19)14-11-9-13(10-12-14)21(27)28;1-4(2)3-5/h1-12,25-26H,(H,27,28);3H,1-2H3. The lowest BCUT2D eigenvalue weighted by molar-refractivity contribution is -0.115. The largest absolute Gasteiger partial charge is 0.507 e. The topological polar surface area (TPSA) is 129 Å². The summed E-state index contributed by atoms with van der Waals surface area (Å²) in [7, 11) is 3.38. The van der Waals surface area contributed by atoms with E-state index >= 15 is 0 Å². The molecule has 0 spiro atoms. The van der Waals surface area contributed by atoms with Gasteiger partial charge in [-0.3, -0.25) is 4.79 Å². The van der Waals surface area contributed by atoms with Crippen molar-refractivity contribution in [3.05, 3.63) is 78.4 Å². The Morgan fingerprint density at radius 1 is 0.879 bits per heavy atom. The SMILES string of the molecule is CN(C)C=O.O=C(O)c1ccc(-n2nc(-c3ccccc3O)nc2-c2ccccc2O)cc1. The molecule has 33 heavy (non-hydrogen) atoms. The number of aromatic hydroxyl groups is 2. The van der Waals surface area contributed by atoms with Crippen molar-refractivity contribution in [2.24, 2.45) is 0 Å². The Morgan fingerprint density at radius 2 is 1.39 bits per heavy atom. The third kappa shape index (κ3) is 5.34. The van der Waals surface area contributed by atoms with Crippen molar-refractivity contribution < 1.29 is 24.9 Å². The molecular formula is C24H22N4O5. The first-order valence-corrected chi connectivity index (χ1v) is 9.81. The van der Waals surface area contributed by atoms with Crippen LogP contribution in [0.15, 0.2) is 72.8 Å². The Bertz CT molecular complexity index is 1270. The average molecular weight is 446 g/mol. The summed E-state index contributed by atoms with van der Waals surface area (Å²) in [5.74, 6) is -0.328. The second-order valence-electron chi connectivity index (χ2n) is 7.13. The Kier molecular flexibility index (Phi) is 7.04. The molecular weight excluding hydrogens is 424 g/mol. The van der Waals surface area contributed by atoms with Gasteiger partial charge < -0.3 is 20.2 Å². The molecule has 1 heterocycles. The van der Waals surface area contributed by atoms with E-state index in [-0.39, 0.29) is 22.9 Å². The second kappa shape index (κ2) is 10.1. The van der Waals surface area contributed by atoms with E-state index in [1.807, 2.05) is 0 Å². The summed E-state index contributed by atoms with van der Waals surface area (Å²) < 4.78 is 1.50. The van der Waals surface area contributed by atoms with Gasteiger partial charge in [-0.05, 0) is 48.5 Å². The minimum absolute atomic E-state index is 0.0298. The second-order valence-corrected chi connectivity index (χ2v) is 7.13. The van der Waals surface area contributed by atoms with Gasteiger partial charge in [0.1, 0.15) is 11.5 Å². The van der Waals surface area contributed by atoms with Crippen molar-refractivity contribution >= 4 is 12.4 Å². The van der Waals surface area contributed by atoms with Gasteiger partial charge in [-0.25, -0.2) is 14.5 Å². The first-order valence-electron chi connectivity index (χ1n) is 9.81. The smallest absolute Gasteiger partial charge is 0.335 e. The number of hydrogen-bond donors (Lipinski definition) is 3. The predicted octanol–water partition coefficient (Wildman–Crippen LogP) is 3.42. The maximum atomic E-state index is 11.1. The molecule has 168 valence electrons. The minimum atomic E-state index is -1.03. The Balaban J connectivity index is 0.000000555. The fourth-order valence-corrected chi connectivity index (χ4v) is 2.85. The molecule has 3 N–H and O–H groups in total. The summed E-state index contributed by atoms with van der Waals surface area (Å²) in [6.45, 7) is 0. The minimum Gasteiger partial charge on any atom is -0.507 e. The van der Waals surface area contributed by atoms with Gasteiger partial charge in [0.25, 0.3) is 0 Å². The number of phenolic OH excluding ortho intramolecular Hbond substituents is 2. The lowest BCUT2D eigenvalue weighted by Crippen LogP contribution is -2.06. The number of rotatable bonds is 5. The van der Waals surface area contributed by atoms with E-state index < -0.39 is 5.97 Å². The number of nitrogens with zero attached hydrogens (tertiary/aromatic N) is 4. The highest BCUT2D eigenvalue weighted by molar-refractivity contribution is 5.87.